The molecule has 14 rings (SSSR count). The third-order valence-electron chi connectivity index (χ3n) is 13.2. The van der Waals surface area contributed by atoms with E-state index in [1.54, 1.807) is 0 Å². The number of hydrogen-bond donors (Lipinski definition) is 0. The van der Waals surface area contributed by atoms with Crippen molar-refractivity contribution in [3.05, 3.63) is 200 Å². The third kappa shape index (κ3) is 4.56. The Morgan fingerprint density at radius 1 is 0.377 bits per heavy atom. The SMILES string of the molecule is c1ccc(N2c3ccccc3B3c4cc5c(cc4Oc4cccc2c43)N(c2ccccc2)c2cccc3c2B5c2sc4c(ccc5ccccc54)c2N3c2ccccc2)cc1. The van der Waals surface area contributed by atoms with Gasteiger partial charge in [0.1, 0.15) is 11.5 Å². The van der Waals surface area contributed by atoms with Gasteiger partial charge < -0.3 is 19.4 Å². The number of thiophene rings is 1. The van der Waals surface area contributed by atoms with Crippen LogP contribution in [0.4, 0.5) is 51.2 Å². The van der Waals surface area contributed by atoms with E-state index in [-0.39, 0.29) is 13.4 Å². The summed E-state index contributed by atoms with van der Waals surface area (Å²) < 4.78 is 9.84. The maximum absolute atomic E-state index is 7.15. The summed E-state index contributed by atoms with van der Waals surface area (Å²) in [6.07, 6.45) is 0. The summed E-state index contributed by atoms with van der Waals surface area (Å²) in [6.45, 7) is -0.0395. The smallest absolute Gasteiger partial charge is 0.264 e. The molecule has 0 unspecified atom stereocenters. The van der Waals surface area contributed by atoms with Crippen molar-refractivity contribution >= 4 is 129 Å². The maximum Gasteiger partial charge on any atom is 0.264 e. The molecule has 0 bridgehead atoms. The van der Waals surface area contributed by atoms with Gasteiger partial charge in [0.05, 0.1) is 5.69 Å². The number of anilines is 9. The van der Waals surface area contributed by atoms with E-state index in [2.05, 4.69) is 215 Å². The van der Waals surface area contributed by atoms with E-state index in [4.69, 9.17) is 4.74 Å². The largest absolute Gasteiger partial charge is 0.458 e. The summed E-state index contributed by atoms with van der Waals surface area (Å²) in [5.41, 5.74) is 16.9. The van der Waals surface area contributed by atoms with Gasteiger partial charge in [-0.15, -0.1) is 11.3 Å². The Morgan fingerprint density at radius 2 is 0.967 bits per heavy atom. The molecular weight excluding hydrogens is 760 g/mol. The molecule has 4 aliphatic heterocycles. The first-order valence-corrected chi connectivity index (χ1v) is 21.8. The molecule has 0 radical (unpaired) electrons. The molecule has 0 spiro atoms. The lowest BCUT2D eigenvalue weighted by Gasteiger charge is -2.44. The van der Waals surface area contributed by atoms with E-state index in [1.807, 2.05) is 11.3 Å². The molecule has 4 aliphatic rings. The lowest BCUT2D eigenvalue weighted by Crippen LogP contribution is -2.63. The Labute approximate surface area is 358 Å². The number of nitrogens with zero attached hydrogens (tertiary/aromatic N) is 3. The van der Waals surface area contributed by atoms with Gasteiger partial charge in [-0.05, 0) is 105 Å². The first-order valence-electron chi connectivity index (χ1n) is 21.0. The molecule has 0 saturated heterocycles. The fourth-order valence-corrected chi connectivity index (χ4v) is 12.3. The van der Waals surface area contributed by atoms with Crippen LogP contribution in [0, 0.1) is 0 Å². The number of hydrogen-bond acceptors (Lipinski definition) is 5. The van der Waals surface area contributed by atoms with Crippen LogP contribution in [0.1, 0.15) is 0 Å². The Bertz CT molecular complexity index is 3450. The van der Waals surface area contributed by atoms with Crippen molar-refractivity contribution in [3.63, 3.8) is 0 Å². The zero-order valence-corrected chi connectivity index (χ0v) is 33.7. The Hall–Kier alpha value is -7.47. The number of para-hydroxylation sites is 4. The molecule has 7 heteroatoms. The monoisotopic (exact) mass is 793 g/mol. The minimum atomic E-state index is -0.0199. The maximum atomic E-state index is 7.15. The van der Waals surface area contributed by atoms with E-state index in [1.165, 1.54) is 75.7 Å². The molecule has 61 heavy (non-hydrogen) atoms. The van der Waals surface area contributed by atoms with Crippen LogP contribution >= 0.6 is 11.3 Å². The topological polar surface area (TPSA) is 19.0 Å². The fourth-order valence-electron chi connectivity index (χ4n) is 10.8. The molecule has 0 atom stereocenters. The molecule has 282 valence electrons. The van der Waals surface area contributed by atoms with Crippen molar-refractivity contribution in [3.8, 4) is 11.5 Å². The summed E-state index contributed by atoms with van der Waals surface area (Å²) >= 11 is 1.96. The van der Waals surface area contributed by atoms with E-state index in [9.17, 15) is 0 Å². The van der Waals surface area contributed by atoms with Gasteiger partial charge in [0.25, 0.3) is 13.4 Å². The molecule has 4 nitrogen and oxygen atoms in total. The van der Waals surface area contributed by atoms with Gasteiger partial charge >= 0.3 is 0 Å². The standard InChI is InChI=1S/C54H33B2N3OS/c1-4-17-35(18-5-1)57-43-25-13-12-24-40(43)55-42-32-41-47(33-49(42)60-48-29-15-28-46(57)51(48)55)58(36-19-6-2-7-20-36)44-26-14-27-45-50(44)56(41)54-52(59(45)37-21-8-3-9-22-37)39-31-30-34-16-10-11-23-38(34)53(39)61-54/h1-33H. The molecule has 0 fully saturated rings. The van der Waals surface area contributed by atoms with Gasteiger partial charge in [-0.25, -0.2) is 0 Å². The van der Waals surface area contributed by atoms with E-state index in [0.29, 0.717) is 0 Å². The number of rotatable bonds is 3. The second kappa shape index (κ2) is 12.5. The van der Waals surface area contributed by atoms with Crippen LogP contribution in [0.5, 0.6) is 11.5 Å². The second-order valence-electron chi connectivity index (χ2n) is 16.4. The van der Waals surface area contributed by atoms with Crippen molar-refractivity contribution in [1.29, 1.82) is 0 Å². The molecule has 0 saturated carbocycles. The van der Waals surface area contributed by atoms with Gasteiger partial charge in [-0.2, -0.15) is 0 Å². The first kappa shape index (κ1) is 33.4. The van der Waals surface area contributed by atoms with Crippen LogP contribution in [0.3, 0.4) is 0 Å². The summed E-state index contributed by atoms with van der Waals surface area (Å²) in [5, 5.41) is 3.84. The van der Waals surface area contributed by atoms with Crippen molar-refractivity contribution in [2.45, 2.75) is 0 Å². The highest BCUT2D eigenvalue weighted by molar-refractivity contribution is 7.34. The number of fused-ring (bicyclic) bond motifs is 12. The van der Waals surface area contributed by atoms with Gasteiger partial charge in [0, 0.05) is 66.4 Å². The highest BCUT2D eigenvalue weighted by Gasteiger charge is 2.48. The Balaban J connectivity index is 1.08. The Kier molecular flexibility index (Phi) is 6.85. The van der Waals surface area contributed by atoms with Gasteiger partial charge in [-0.1, -0.05) is 127 Å². The van der Waals surface area contributed by atoms with Crippen LogP contribution in [0.25, 0.3) is 20.9 Å². The van der Waals surface area contributed by atoms with Crippen molar-refractivity contribution in [2.75, 3.05) is 14.7 Å². The minimum Gasteiger partial charge on any atom is -0.458 e. The summed E-state index contributed by atoms with van der Waals surface area (Å²) in [4.78, 5) is 7.42. The van der Waals surface area contributed by atoms with Crippen LogP contribution in [0.15, 0.2) is 200 Å². The van der Waals surface area contributed by atoms with Gasteiger partial charge in [0.15, 0.2) is 0 Å². The number of ether oxygens (including phenoxy) is 1. The second-order valence-corrected chi connectivity index (χ2v) is 17.4. The van der Waals surface area contributed by atoms with E-state index in [0.717, 1.165) is 39.9 Å². The predicted octanol–water partition coefficient (Wildman–Crippen LogP) is 10.5. The average molecular weight is 794 g/mol. The highest BCUT2D eigenvalue weighted by Crippen LogP contribution is 2.49. The minimum absolute atomic E-state index is 0.0196. The molecule has 0 aliphatic carbocycles. The van der Waals surface area contributed by atoms with Crippen LogP contribution in [0.2, 0.25) is 0 Å². The zero-order chi connectivity index (χ0) is 39.8. The van der Waals surface area contributed by atoms with Crippen LogP contribution < -0.4 is 51.5 Å². The molecule has 0 amide bonds. The summed E-state index contributed by atoms with van der Waals surface area (Å²) in [7, 11) is 0. The normalized spacial score (nSPS) is 13.9. The van der Waals surface area contributed by atoms with Crippen molar-refractivity contribution < 1.29 is 4.74 Å². The van der Waals surface area contributed by atoms with Gasteiger partial charge in [-0.3, -0.25) is 0 Å². The molecule has 10 aromatic rings. The lowest BCUT2D eigenvalue weighted by molar-refractivity contribution is 0.488. The van der Waals surface area contributed by atoms with Crippen LogP contribution in [-0.4, -0.2) is 13.4 Å². The first-order chi connectivity index (χ1) is 30.3. The Morgan fingerprint density at radius 3 is 1.72 bits per heavy atom. The van der Waals surface area contributed by atoms with Crippen molar-refractivity contribution in [1.82, 2.24) is 0 Å². The summed E-state index contributed by atoms with van der Waals surface area (Å²) in [5.74, 6) is 1.81. The summed E-state index contributed by atoms with van der Waals surface area (Å²) in [6, 6.07) is 73.3. The molecular formula is C54H33B2N3OS. The highest BCUT2D eigenvalue weighted by atomic mass is 32.1. The molecule has 0 N–H and O–H groups in total. The molecule has 5 heterocycles. The van der Waals surface area contributed by atoms with Crippen LogP contribution in [-0.2, 0) is 0 Å². The number of benzene rings is 9. The molecule has 1 aromatic heterocycles. The zero-order valence-electron chi connectivity index (χ0n) is 32.9. The quantitative estimate of drug-likeness (QED) is 0.166. The fraction of sp³-hybridized carbons (Fsp3) is 0. The molecule has 9 aromatic carbocycles. The lowest BCUT2D eigenvalue weighted by atomic mass is 9.31. The van der Waals surface area contributed by atoms with E-state index >= 15 is 0 Å². The van der Waals surface area contributed by atoms with E-state index < -0.39 is 0 Å². The van der Waals surface area contributed by atoms with Crippen molar-refractivity contribution in [2.24, 2.45) is 0 Å². The third-order valence-corrected chi connectivity index (χ3v) is 14.5. The van der Waals surface area contributed by atoms with Gasteiger partial charge in [0.2, 0.25) is 0 Å². The predicted molar refractivity (Wildman–Crippen MR) is 259 cm³/mol. The average Bonchev–Trinajstić information content (AvgIpc) is 3.71.